The minimum atomic E-state index is 0.698. The third-order valence-electron chi connectivity index (χ3n) is 18.7. The lowest BCUT2D eigenvalue weighted by Crippen LogP contribution is -2.01. The fraction of sp³-hybridized carbons (Fsp3) is 0.667. The highest BCUT2D eigenvalue weighted by Gasteiger charge is 2.16. The number of aromatic nitrogens is 4. The number of hydrogen-bond donors (Lipinski definition) is 0. The van der Waals surface area contributed by atoms with Gasteiger partial charge in [-0.25, -0.2) is 0 Å². The van der Waals surface area contributed by atoms with Crippen LogP contribution in [0, 0.1) is 0 Å². The molecule has 0 aliphatic heterocycles. The summed E-state index contributed by atoms with van der Waals surface area (Å²) in [6, 6.07) is 28.6. The number of rotatable bonds is 62. The van der Waals surface area contributed by atoms with E-state index in [-0.39, 0.29) is 0 Å². The molecule has 0 N–H and O–H groups in total. The number of nitrogens with zero attached hydrogens (tertiary/aromatic N) is 6. The third-order valence-corrected chi connectivity index (χ3v) is 20.7. The first-order chi connectivity index (χ1) is 47.5. The molecular weight excluding hydrogens is 1220 g/mol. The molecule has 4 aromatic carbocycles. The Labute approximate surface area is 592 Å². The zero-order chi connectivity index (χ0) is 67.2. The molecule has 0 aliphatic rings. The monoisotopic (exact) mass is 1350 g/mol. The Kier molecular flexibility index (Phi) is 44.7. The van der Waals surface area contributed by atoms with Gasteiger partial charge in [-0.3, -0.25) is 0 Å². The molecule has 2 aromatic heterocycles. The van der Waals surface area contributed by atoms with E-state index in [1.54, 1.807) is 22.7 Å². The Bertz CT molecular complexity index is 2560. The highest BCUT2D eigenvalue weighted by Crippen LogP contribution is 2.38. The number of benzene rings is 4. The lowest BCUT2D eigenvalue weighted by atomic mass is 10.1. The molecule has 12 heteroatoms. The molecule has 0 aliphatic carbocycles. The lowest BCUT2D eigenvalue weighted by molar-refractivity contribution is 0.289. The zero-order valence-corrected chi connectivity index (χ0v) is 62.6. The summed E-state index contributed by atoms with van der Waals surface area (Å²) in [5, 5.41) is 31.3. The van der Waals surface area contributed by atoms with Gasteiger partial charge in [-0.05, 0) is 98.5 Å². The van der Waals surface area contributed by atoms with Gasteiger partial charge in [-0.1, -0.05) is 333 Å². The highest BCUT2D eigenvalue weighted by atomic mass is 32.1. The summed E-state index contributed by atoms with van der Waals surface area (Å²) in [7, 11) is 0. The van der Waals surface area contributed by atoms with Gasteiger partial charge in [0.2, 0.25) is 0 Å². The van der Waals surface area contributed by atoms with Crippen LogP contribution >= 0.6 is 22.7 Å². The van der Waals surface area contributed by atoms with Crippen LogP contribution in [0.5, 0.6) is 23.0 Å². The fourth-order valence-electron chi connectivity index (χ4n) is 12.6. The quantitative estimate of drug-likeness (QED) is 0.0274. The fourth-order valence-corrected chi connectivity index (χ4v) is 14.3. The normalized spacial score (nSPS) is 11.6. The van der Waals surface area contributed by atoms with Crippen molar-refractivity contribution in [1.82, 2.24) is 20.4 Å². The summed E-state index contributed by atoms with van der Waals surface area (Å²) in [4.78, 5) is 0. The third kappa shape index (κ3) is 36.0. The van der Waals surface area contributed by atoms with Crippen LogP contribution in [0.3, 0.4) is 0 Å². The molecule has 0 atom stereocenters. The van der Waals surface area contributed by atoms with Crippen molar-refractivity contribution in [3.63, 3.8) is 0 Å². The van der Waals surface area contributed by atoms with Crippen molar-refractivity contribution >= 4 is 34.0 Å². The number of hydrogen-bond acceptors (Lipinski definition) is 12. The highest BCUT2D eigenvalue weighted by molar-refractivity contribution is 7.18. The Morgan fingerprint density at radius 1 is 0.229 bits per heavy atom. The summed E-state index contributed by atoms with van der Waals surface area (Å²) in [6.07, 6.45) is 63.5. The van der Waals surface area contributed by atoms with Gasteiger partial charge in [-0.15, -0.1) is 20.4 Å². The average Bonchev–Trinajstić information content (AvgIpc) is 1.65. The Balaban J connectivity index is 0.992. The van der Waals surface area contributed by atoms with Gasteiger partial charge >= 0.3 is 0 Å². The molecule has 0 saturated heterocycles. The van der Waals surface area contributed by atoms with Crippen molar-refractivity contribution in [3.05, 3.63) is 84.9 Å². The first-order valence-electron chi connectivity index (χ1n) is 39.7. The van der Waals surface area contributed by atoms with Crippen LogP contribution in [0.15, 0.2) is 95.2 Å². The van der Waals surface area contributed by atoms with Crippen molar-refractivity contribution < 1.29 is 18.9 Å². The molecule has 2 heterocycles. The van der Waals surface area contributed by atoms with Gasteiger partial charge in [0.1, 0.15) is 43.0 Å². The smallest absolute Gasteiger partial charge is 0.148 e. The predicted octanol–water partition coefficient (Wildman–Crippen LogP) is 28.8. The van der Waals surface area contributed by atoms with E-state index in [2.05, 4.69) is 84.5 Å². The molecule has 0 bridgehead atoms. The molecule has 0 amide bonds. The van der Waals surface area contributed by atoms with Crippen LogP contribution in [0.25, 0.3) is 42.3 Å². The van der Waals surface area contributed by atoms with Crippen molar-refractivity contribution in [2.24, 2.45) is 10.2 Å². The molecule has 0 radical (unpaired) electrons. The summed E-state index contributed by atoms with van der Waals surface area (Å²) in [5.41, 5.74) is 5.41. The molecule has 532 valence electrons. The van der Waals surface area contributed by atoms with Crippen LogP contribution < -0.4 is 18.9 Å². The minimum absolute atomic E-state index is 0.698. The molecular formula is C84H130N6O4S2. The van der Waals surface area contributed by atoms with Crippen LogP contribution in [-0.2, 0) is 0 Å². The van der Waals surface area contributed by atoms with E-state index in [0.717, 1.165) is 102 Å². The minimum Gasteiger partial charge on any atom is -0.493 e. The number of unbranched alkanes of at least 4 members (excludes halogenated alkanes) is 44. The molecule has 0 saturated carbocycles. The van der Waals surface area contributed by atoms with Gasteiger partial charge in [-0.2, -0.15) is 10.2 Å². The van der Waals surface area contributed by atoms with Gasteiger partial charge in [0.15, 0.2) is 0 Å². The van der Waals surface area contributed by atoms with E-state index in [0.29, 0.717) is 26.4 Å². The molecule has 0 spiro atoms. The largest absolute Gasteiger partial charge is 0.493 e. The summed E-state index contributed by atoms with van der Waals surface area (Å²) < 4.78 is 25.7. The average molecular weight is 1350 g/mol. The zero-order valence-electron chi connectivity index (χ0n) is 61.0. The topological polar surface area (TPSA) is 113 Å². The Morgan fingerprint density at radius 3 is 0.625 bits per heavy atom. The molecule has 0 fully saturated rings. The Hall–Kier alpha value is -5.20. The van der Waals surface area contributed by atoms with Gasteiger partial charge < -0.3 is 18.9 Å². The second-order valence-electron chi connectivity index (χ2n) is 27.5. The van der Waals surface area contributed by atoms with Crippen molar-refractivity contribution in [1.29, 1.82) is 0 Å². The lowest BCUT2D eigenvalue weighted by Gasteiger charge is -2.12. The van der Waals surface area contributed by atoms with Crippen molar-refractivity contribution in [2.75, 3.05) is 26.4 Å². The van der Waals surface area contributed by atoms with E-state index >= 15 is 0 Å². The van der Waals surface area contributed by atoms with Gasteiger partial charge in [0.25, 0.3) is 0 Å². The van der Waals surface area contributed by atoms with Crippen LogP contribution in [0.1, 0.15) is 336 Å². The molecule has 6 aromatic rings. The predicted molar refractivity (Wildman–Crippen MR) is 412 cm³/mol. The van der Waals surface area contributed by atoms with Gasteiger partial charge in [0, 0.05) is 34.4 Å². The number of ether oxygens (including phenoxy) is 4. The second kappa shape index (κ2) is 53.7. The molecule has 10 nitrogen and oxygen atoms in total. The SMILES string of the molecule is CCCCCCCCCCCCCCOc1cc(OCCCCCCCCCCCCCC)cc(-c2nnc(-c3ccc(N=Nc4ccc(-c5nnc(-c6cc(OCCCCCCCCCCCCCC)cc(OCCCCCCCCCCCCCC)c6)s5)cc4)cc3)s2)c1. The summed E-state index contributed by atoms with van der Waals surface area (Å²) >= 11 is 3.15. The maximum atomic E-state index is 6.43. The maximum Gasteiger partial charge on any atom is 0.148 e. The van der Waals surface area contributed by atoms with Crippen molar-refractivity contribution in [3.8, 4) is 65.3 Å². The summed E-state index contributed by atoms with van der Waals surface area (Å²) in [5.74, 6) is 3.32. The standard InChI is InChI=1S/C84H130N6O4S2/c1-5-9-13-17-21-25-29-33-37-41-45-49-61-91-77-65-73(66-78(69-77)92-62-50-46-42-38-34-30-26-22-18-14-10-6-2)83-89-87-81(95-83)71-53-57-75(58-54-71)85-86-76-59-55-72(56-60-76)82-88-90-84(96-82)74-67-79(93-63-51-47-43-39-35-31-27-23-19-15-11-7-3)70-80(68-74)94-64-52-48-44-40-36-32-28-24-20-16-12-8-4/h53-60,65-70H,5-52,61-64H2,1-4H3. The first-order valence-corrected chi connectivity index (χ1v) is 41.3. The van der Waals surface area contributed by atoms with Crippen LogP contribution in [0.2, 0.25) is 0 Å². The van der Waals surface area contributed by atoms with E-state index in [9.17, 15) is 0 Å². The first kappa shape index (κ1) is 79.8. The summed E-state index contributed by atoms with van der Waals surface area (Å²) in [6.45, 7) is 12.0. The molecule has 0 unspecified atom stereocenters. The van der Waals surface area contributed by atoms with Crippen LogP contribution in [0.4, 0.5) is 11.4 Å². The van der Waals surface area contributed by atoms with E-state index in [4.69, 9.17) is 29.1 Å². The molecule has 96 heavy (non-hydrogen) atoms. The maximum absolute atomic E-state index is 6.43. The van der Waals surface area contributed by atoms with E-state index in [1.807, 2.05) is 48.5 Å². The van der Waals surface area contributed by atoms with Crippen molar-refractivity contribution in [2.45, 2.75) is 336 Å². The number of azo groups is 1. The Morgan fingerprint density at radius 2 is 0.417 bits per heavy atom. The van der Waals surface area contributed by atoms with Gasteiger partial charge in [0.05, 0.1) is 37.8 Å². The van der Waals surface area contributed by atoms with Crippen LogP contribution in [-0.4, -0.2) is 46.8 Å². The molecule has 6 rings (SSSR count). The van der Waals surface area contributed by atoms with E-state index < -0.39 is 0 Å². The second-order valence-corrected chi connectivity index (χ2v) is 29.4. The van der Waals surface area contributed by atoms with E-state index in [1.165, 1.54) is 283 Å².